The molecule has 0 spiro atoms. The molecule has 1 aliphatic rings. The number of fused-ring (bicyclic) bond motifs is 1. The highest BCUT2D eigenvalue weighted by Crippen LogP contribution is 2.52. The molecule has 1 aliphatic heterocycles. The van der Waals surface area contributed by atoms with Crippen LogP contribution in [0, 0.1) is 16.6 Å². The van der Waals surface area contributed by atoms with Crippen molar-refractivity contribution in [2.45, 2.75) is 118 Å². The van der Waals surface area contributed by atoms with Crippen LogP contribution >= 0.6 is 7.60 Å². The van der Waals surface area contributed by atoms with Crippen molar-refractivity contribution in [3.8, 4) is 16.9 Å². The van der Waals surface area contributed by atoms with Gasteiger partial charge in [0.15, 0.2) is 12.1 Å². The van der Waals surface area contributed by atoms with Crippen LogP contribution in [0.4, 0.5) is 4.39 Å². The summed E-state index contributed by atoms with van der Waals surface area (Å²) in [6.45, 7) is 23.8. The number of carbonyl (C=O) groups is 1. The van der Waals surface area contributed by atoms with E-state index in [4.69, 9.17) is 18.9 Å². The molecular weight excluding hydrogens is 688 g/mol. The predicted molar refractivity (Wildman–Crippen MR) is 204 cm³/mol. The number of benzene rings is 2. The summed E-state index contributed by atoms with van der Waals surface area (Å²) in [6, 6.07) is 12.5. The number of nitrogens with zero attached hydrogens (tertiary/aromatic N) is 1. The molecule has 2 N–H and O–H groups in total. The average molecular weight is 746 g/mol. The fourth-order valence-electron chi connectivity index (χ4n) is 7.02. The largest absolute Gasteiger partial charge is 0.481 e. The van der Waals surface area contributed by atoms with Crippen LogP contribution in [0.3, 0.4) is 0 Å². The smallest absolute Gasteiger partial charge is 0.362 e. The van der Waals surface area contributed by atoms with Crippen LogP contribution in [0.25, 0.3) is 28.1 Å². The van der Waals surface area contributed by atoms with Gasteiger partial charge in [-0.1, -0.05) is 79.4 Å². The number of hydrogen-bond acceptors (Lipinski definition) is 6. The molecule has 2 aromatic carbocycles. The number of rotatable bonds is 12. The number of esters is 1. The van der Waals surface area contributed by atoms with Gasteiger partial charge in [0.1, 0.15) is 11.6 Å². The maximum Gasteiger partial charge on any atom is 0.362 e. The second-order valence-electron chi connectivity index (χ2n) is 17.2. The highest BCUT2D eigenvalue weighted by molar-refractivity contribution is 7.51. The Morgan fingerprint density at radius 3 is 2.24 bits per heavy atom. The van der Waals surface area contributed by atoms with Gasteiger partial charge in [0.2, 0.25) is 0 Å². The molecule has 0 bridgehead atoms. The quantitative estimate of drug-likeness (QED) is 0.107. The Morgan fingerprint density at radius 2 is 1.69 bits per heavy atom. The lowest BCUT2D eigenvalue weighted by molar-refractivity contribution is -0.389. The third-order valence-corrected chi connectivity index (χ3v) is 11.3. The minimum Gasteiger partial charge on any atom is -0.481 e. The first-order valence-corrected chi connectivity index (χ1v) is 23.2. The molecule has 0 amide bonds. The predicted octanol–water partition coefficient (Wildman–Crippen LogP) is 9.79. The Kier molecular flexibility index (Phi) is 12.3. The van der Waals surface area contributed by atoms with E-state index in [1.165, 1.54) is 12.1 Å². The minimum absolute atomic E-state index is 0.000689. The van der Waals surface area contributed by atoms with Crippen molar-refractivity contribution in [3.63, 3.8) is 0 Å². The number of carbonyl (C=O) groups excluding carboxylic acids is 1. The van der Waals surface area contributed by atoms with Crippen molar-refractivity contribution in [3.05, 3.63) is 60.1 Å². The first kappa shape index (κ1) is 41.0. The molecule has 2 heterocycles. The topological polar surface area (TPSA) is 116 Å². The Balaban J connectivity index is 1.82. The van der Waals surface area contributed by atoms with E-state index in [1.54, 1.807) is 24.3 Å². The van der Waals surface area contributed by atoms with E-state index < -0.39 is 50.8 Å². The summed E-state index contributed by atoms with van der Waals surface area (Å²) in [5, 5.41) is 0.781. The van der Waals surface area contributed by atoms with Crippen molar-refractivity contribution in [1.82, 2.24) is 4.57 Å². The zero-order valence-corrected chi connectivity index (χ0v) is 34.0. The van der Waals surface area contributed by atoms with Crippen LogP contribution in [-0.4, -0.2) is 59.3 Å². The standard InChI is InChI=1S/C39H57FNO8PSi/c1-26(2)41-33-18-16-29(47-25-50(43,44)45)23-32(33)36(27-12-14-28(40)15-13-27)34(41)19-17-30-22-31(24-35(42)46-20-21-51(9,10)11)49-39(48-30,37(3,4)5)38(6,7)8/h12-19,23,26,30-31H,20-22,24-25H2,1-11H3,(H2,43,44,45)/b19-17+/t30-,31-/m1/s1. The van der Waals surface area contributed by atoms with Gasteiger partial charge in [-0.05, 0) is 61.9 Å². The van der Waals surface area contributed by atoms with E-state index in [2.05, 4.69) is 79.6 Å². The van der Waals surface area contributed by atoms with Crippen molar-refractivity contribution >= 4 is 38.6 Å². The van der Waals surface area contributed by atoms with Crippen LogP contribution in [0.5, 0.6) is 5.75 Å². The molecule has 3 aromatic rings. The lowest BCUT2D eigenvalue weighted by Gasteiger charge is -2.57. The molecule has 282 valence electrons. The van der Waals surface area contributed by atoms with Crippen molar-refractivity contribution < 1.29 is 42.5 Å². The molecule has 12 heteroatoms. The van der Waals surface area contributed by atoms with Crippen molar-refractivity contribution in [2.75, 3.05) is 13.0 Å². The number of halogens is 1. The summed E-state index contributed by atoms with van der Waals surface area (Å²) >= 11 is 0. The first-order chi connectivity index (χ1) is 23.4. The van der Waals surface area contributed by atoms with E-state index in [0.717, 1.165) is 33.8 Å². The Bertz CT molecular complexity index is 1740. The van der Waals surface area contributed by atoms with Gasteiger partial charge < -0.3 is 33.3 Å². The van der Waals surface area contributed by atoms with Gasteiger partial charge in [0.25, 0.3) is 0 Å². The van der Waals surface area contributed by atoms with Crippen LogP contribution in [0.15, 0.2) is 48.5 Å². The lowest BCUT2D eigenvalue weighted by atomic mass is 9.69. The third kappa shape index (κ3) is 10.0. The van der Waals surface area contributed by atoms with E-state index in [-0.39, 0.29) is 24.2 Å². The van der Waals surface area contributed by atoms with Crippen LogP contribution < -0.4 is 4.74 Å². The molecule has 0 unspecified atom stereocenters. The summed E-state index contributed by atoms with van der Waals surface area (Å²) in [4.78, 5) is 32.0. The van der Waals surface area contributed by atoms with Gasteiger partial charge in [-0.15, -0.1) is 0 Å². The molecule has 0 aliphatic carbocycles. The lowest BCUT2D eigenvalue weighted by Crippen LogP contribution is -2.63. The summed E-state index contributed by atoms with van der Waals surface area (Å²) < 4.78 is 52.9. The number of aromatic nitrogens is 1. The minimum atomic E-state index is -4.41. The van der Waals surface area contributed by atoms with Gasteiger partial charge in [0, 0.05) is 53.5 Å². The molecular formula is C39H57FNO8PSi. The highest BCUT2D eigenvalue weighted by Gasteiger charge is 2.57. The normalized spacial score (nSPS) is 18.9. The molecule has 1 fully saturated rings. The summed E-state index contributed by atoms with van der Waals surface area (Å²) in [6.07, 6.45) is 2.94. The SMILES string of the molecule is CC(C)n1c(/C=C/[C@@H]2C[C@H](CC(=O)OCC[Si](C)(C)C)OC(C(C)(C)C)(C(C)(C)C)O2)c(-c2ccc(F)cc2)c2cc(OCP(=O)(O)O)ccc21. The highest BCUT2D eigenvalue weighted by atomic mass is 31.2. The van der Waals surface area contributed by atoms with E-state index >= 15 is 0 Å². The van der Waals surface area contributed by atoms with Crippen LogP contribution in [0.1, 0.15) is 80.0 Å². The Labute approximate surface area is 303 Å². The van der Waals surface area contributed by atoms with E-state index in [1.807, 2.05) is 18.2 Å². The molecule has 1 aromatic heterocycles. The molecule has 2 atom stereocenters. The van der Waals surface area contributed by atoms with Gasteiger partial charge in [-0.3, -0.25) is 9.36 Å². The van der Waals surface area contributed by atoms with Gasteiger partial charge in [-0.2, -0.15) is 0 Å². The summed E-state index contributed by atoms with van der Waals surface area (Å²) in [7, 11) is -5.78. The third-order valence-electron chi connectivity index (χ3n) is 9.16. The zero-order valence-electron chi connectivity index (χ0n) is 32.1. The van der Waals surface area contributed by atoms with Gasteiger partial charge in [0.05, 0.1) is 25.2 Å². The van der Waals surface area contributed by atoms with Crippen molar-refractivity contribution in [2.24, 2.45) is 10.8 Å². The van der Waals surface area contributed by atoms with Gasteiger partial charge in [-0.25, -0.2) is 4.39 Å². The number of ether oxygens (including phenoxy) is 4. The van der Waals surface area contributed by atoms with E-state index in [9.17, 15) is 23.5 Å². The zero-order chi connectivity index (χ0) is 38.2. The molecule has 0 saturated carbocycles. The molecule has 4 rings (SSSR count). The molecule has 51 heavy (non-hydrogen) atoms. The second kappa shape index (κ2) is 15.3. The Morgan fingerprint density at radius 1 is 1.06 bits per heavy atom. The number of hydrogen-bond donors (Lipinski definition) is 2. The monoisotopic (exact) mass is 745 g/mol. The molecule has 1 saturated heterocycles. The summed E-state index contributed by atoms with van der Waals surface area (Å²) in [5.74, 6) is -1.39. The van der Waals surface area contributed by atoms with Gasteiger partial charge >= 0.3 is 13.6 Å². The molecule has 9 nitrogen and oxygen atoms in total. The molecule has 0 radical (unpaired) electrons. The maximum absolute atomic E-state index is 14.2. The van der Waals surface area contributed by atoms with Crippen LogP contribution in [0.2, 0.25) is 25.7 Å². The summed E-state index contributed by atoms with van der Waals surface area (Å²) in [5.41, 5.74) is 2.36. The second-order valence-corrected chi connectivity index (χ2v) is 24.4. The maximum atomic E-state index is 14.2. The first-order valence-electron chi connectivity index (χ1n) is 17.7. The average Bonchev–Trinajstić information content (AvgIpc) is 3.30. The Hall–Kier alpha value is -2.79. The van der Waals surface area contributed by atoms with Crippen molar-refractivity contribution in [1.29, 1.82) is 0 Å². The van der Waals surface area contributed by atoms with Crippen LogP contribution in [-0.2, 0) is 23.6 Å². The fourth-order valence-corrected chi connectivity index (χ4v) is 8.05. The fraction of sp³-hybridized carbons (Fsp3) is 0.564. The van der Waals surface area contributed by atoms with E-state index in [0.29, 0.717) is 18.8 Å².